The van der Waals surface area contributed by atoms with Gasteiger partial charge in [0.1, 0.15) is 12.6 Å². The summed E-state index contributed by atoms with van der Waals surface area (Å²) in [7, 11) is -4.23. The van der Waals surface area contributed by atoms with Crippen LogP contribution in [0.2, 0.25) is 10.0 Å². The molecule has 0 fully saturated rings. The van der Waals surface area contributed by atoms with Crippen molar-refractivity contribution in [2.24, 2.45) is 0 Å². The largest absolute Gasteiger partial charge is 0.352 e. The van der Waals surface area contributed by atoms with E-state index >= 15 is 0 Å². The Bertz CT molecular complexity index is 1400. The van der Waals surface area contributed by atoms with Crippen LogP contribution in [0.4, 0.5) is 5.69 Å². The van der Waals surface area contributed by atoms with Gasteiger partial charge in [-0.1, -0.05) is 84.2 Å². The van der Waals surface area contributed by atoms with Crippen molar-refractivity contribution in [1.82, 2.24) is 10.2 Å². The third-order valence-corrected chi connectivity index (χ3v) is 9.03. The Labute approximate surface area is 240 Å². The molecule has 1 N–H and O–H groups in total. The minimum atomic E-state index is -4.23. The van der Waals surface area contributed by atoms with Crippen LogP contribution in [0, 0.1) is 6.92 Å². The molecule has 0 saturated carbocycles. The Hall–Kier alpha value is -3.07. The monoisotopic (exact) mass is 589 g/mol. The fourth-order valence-corrected chi connectivity index (χ4v) is 5.75. The molecule has 0 aliphatic heterocycles. The highest BCUT2D eigenvalue weighted by Crippen LogP contribution is 2.35. The van der Waals surface area contributed by atoms with Gasteiger partial charge in [0.15, 0.2) is 0 Å². The molecular formula is C29H33Cl2N3O4S. The van der Waals surface area contributed by atoms with E-state index in [2.05, 4.69) is 5.32 Å². The van der Waals surface area contributed by atoms with E-state index in [1.807, 2.05) is 45.0 Å². The molecule has 0 spiro atoms. The third-order valence-electron chi connectivity index (χ3n) is 6.45. The van der Waals surface area contributed by atoms with E-state index in [1.165, 1.54) is 29.2 Å². The molecule has 0 aliphatic rings. The van der Waals surface area contributed by atoms with Gasteiger partial charge in [0.25, 0.3) is 10.0 Å². The first-order valence-electron chi connectivity index (χ1n) is 12.6. The number of nitrogens with one attached hydrogen (secondary N) is 1. The number of rotatable bonds is 11. The van der Waals surface area contributed by atoms with E-state index in [0.29, 0.717) is 0 Å². The summed E-state index contributed by atoms with van der Waals surface area (Å²) in [5.41, 5.74) is 1.92. The fourth-order valence-electron chi connectivity index (χ4n) is 3.86. The molecule has 0 unspecified atom stereocenters. The number of anilines is 1. The Morgan fingerprint density at radius 3 is 2.18 bits per heavy atom. The average molecular weight is 591 g/mol. The first-order valence-corrected chi connectivity index (χ1v) is 14.8. The van der Waals surface area contributed by atoms with Gasteiger partial charge in [0.2, 0.25) is 11.8 Å². The number of nitrogens with zero attached hydrogens (tertiary/aromatic N) is 2. The number of carbonyl (C=O) groups is 2. The second-order valence-corrected chi connectivity index (χ2v) is 12.0. The number of amides is 2. The molecule has 0 saturated heterocycles. The maximum atomic E-state index is 13.9. The molecule has 10 heteroatoms. The Morgan fingerprint density at radius 2 is 1.56 bits per heavy atom. The number of hydrogen-bond donors (Lipinski definition) is 1. The van der Waals surface area contributed by atoms with Crippen molar-refractivity contribution in [2.75, 3.05) is 10.8 Å². The first kappa shape index (κ1) is 30.5. The maximum absolute atomic E-state index is 13.9. The van der Waals surface area contributed by atoms with Gasteiger partial charge in [-0.15, -0.1) is 0 Å². The van der Waals surface area contributed by atoms with Gasteiger partial charge >= 0.3 is 0 Å². The van der Waals surface area contributed by atoms with Crippen molar-refractivity contribution in [3.63, 3.8) is 0 Å². The van der Waals surface area contributed by atoms with Crippen LogP contribution in [0.3, 0.4) is 0 Å². The Balaban J connectivity index is 2.05. The summed E-state index contributed by atoms with van der Waals surface area (Å²) in [5.74, 6) is -0.902. The molecule has 0 bridgehead atoms. The number of carbonyl (C=O) groups excluding carboxylic acids is 2. The highest BCUT2D eigenvalue weighted by Gasteiger charge is 2.33. The zero-order valence-electron chi connectivity index (χ0n) is 22.4. The summed E-state index contributed by atoms with van der Waals surface area (Å²) >= 11 is 12.7. The third kappa shape index (κ3) is 7.53. The lowest BCUT2D eigenvalue weighted by atomic mass is 10.1. The maximum Gasteiger partial charge on any atom is 0.264 e. The minimum absolute atomic E-state index is 0.000815. The molecule has 2 atom stereocenters. The van der Waals surface area contributed by atoms with Gasteiger partial charge in [-0.2, -0.15) is 0 Å². The number of benzene rings is 3. The molecule has 0 radical (unpaired) electrons. The van der Waals surface area contributed by atoms with Crippen molar-refractivity contribution in [1.29, 1.82) is 0 Å². The summed E-state index contributed by atoms with van der Waals surface area (Å²) < 4.78 is 28.6. The van der Waals surface area contributed by atoms with E-state index in [9.17, 15) is 18.0 Å². The van der Waals surface area contributed by atoms with Crippen LogP contribution in [-0.2, 0) is 26.2 Å². The smallest absolute Gasteiger partial charge is 0.264 e. The lowest BCUT2D eigenvalue weighted by Gasteiger charge is -2.32. The van der Waals surface area contributed by atoms with Crippen LogP contribution in [-0.4, -0.2) is 43.8 Å². The van der Waals surface area contributed by atoms with Crippen LogP contribution in [0.5, 0.6) is 0 Å². The van der Waals surface area contributed by atoms with E-state index in [0.717, 1.165) is 21.9 Å². The molecule has 208 valence electrons. The first-order chi connectivity index (χ1) is 18.4. The van der Waals surface area contributed by atoms with E-state index < -0.39 is 28.5 Å². The summed E-state index contributed by atoms with van der Waals surface area (Å²) in [4.78, 5) is 28.4. The number of halogens is 2. The molecule has 3 aromatic carbocycles. The quantitative estimate of drug-likeness (QED) is 0.305. The summed E-state index contributed by atoms with van der Waals surface area (Å²) in [5, 5.41) is 3.06. The molecule has 3 aromatic rings. The second-order valence-electron chi connectivity index (χ2n) is 9.40. The molecule has 7 nitrogen and oxygen atoms in total. The Kier molecular flexibility index (Phi) is 10.4. The standard InChI is InChI=1S/C29H33Cl2N3O4S/c1-5-21(3)32-29(36)22(4)33(18-23-16-14-20(2)15-17-23)27(35)19-34(26-13-9-12-25(30)28(26)31)39(37,38)24-10-7-6-8-11-24/h6-17,21-22H,5,18-19H2,1-4H3,(H,32,36)/t21-,22+/m0/s1. The van der Waals surface area contributed by atoms with Crippen LogP contribution in [0.15, 0.2) is 77.7 Å². The van der Waals surface area contributed by atoms with Gasteiger partial charge in [0, 0.05) is 12.6 Å². The van der Waals surface area contributed by atoms with Crippen LogP contribution >= 0.6 is 23.2 Å². The zero-order valence-corrected chi connectivity index (χ0v) is 24.7. The lowest BCUT2D eigenvalue weighted by molar-refractivity contribution is -0.139. The normalized spacial score (nSPS) is 12.9. The van der Waals surface area contributed by atoms with E-state index in [1.54, 1.807) is 31.2 Å². The topological polar surface area (TPSA) is 86.8 Å². The zero-order chi connectivity index (χ0) is 28.7. The highest BCUT2D eigenvalue weighted by molar-refractivity contribution is 7.92. The predicted molar refractivity (Wildman–Crippen MR) is 157 cm³/mol. The molecule has 0 aromatic heterocycles. The van der Waals surface area contributed by atoms with Crippen molar-refractivity contribution in [3.8, 4) is 0 Å². The molecule has 39 heavy (non-hydrogen) atoms. The van der Waals surface area contributed by atoms with Crippen molar-refractivity contribution < 1.29 is 18.0 Å². The predicted octanol–water partition coefficient (Wildman–Crippen LogP) is 5.83. The molecule has 0 heterocycles. The molecule has 2 amide bonds. The van der Waals surface area contributed by atoms with Crippen molar-refractivity contribution in [3.05, 3.63) is 94.0 Å². The van der Waals surface area contributed by atoms with Crippen molar-refractivity contribution in [2.45, 2.75) is 57.6 Å². The summed E-state index contributed by atoms with van der Waals surface area (Å²) in [6.45, 7) is 6.93. The van der Waals surface area contributed by atoms with Gasteiger partial charge in [-0.3, -0.25) is 13.9 Å². The molecule has 3 rings (SSSR count). The number of hydrogen-bond acceptors (Lipinski definition) is 4. The second kappa shape index (κ2) is 13.3. The minimum Gasteiger partial charge on any atom is -0.352 e. The Morgan fingerprint density at radius 1 is 0.923 bits per heavy atom. The SMILES string of the molecule is CC[C@H](C)NC(=O)[C@@H](C)N(Cc1ccc(C)cc1)C(=O)CN(c1cccc(Cl)c1Cl)S(=O)(=O)c1ccccc1. The van der Waals surface area contributed by atoms with Crippen LogP contribution < -0.4 is 9.62 Å². The van der Waals surface area contributed by atoms with Crippen LogP contribution in [0.25, 0.3) is 0 Å². The number of aryl methyl sites for hydroxylation is 1. The van der Waals surface area contributed by atoms with E-state index in [-0.39, 0.29) is 39.1 Å². The fraction of sp³-hybridized carbons (Fsp3) is 0.310. The number of sulfonamides is 1. The van der Waals surface area contributed by atoms with Gasteiger partial charge in [-0.25, -0.2) is 8.42 Å². The lowest BCUT2D eigenvalue weighted by Crippen LogP contribution is -2.52. The molecular weight excluding hydrogens is 557 g/mol. The van der Waals surface area contributed by atoms with Gasteiger partial charge in [-0.05, 0) is 57.0 Å². The van der Waals surface area contributed by atoms with Crippen molar-refractivity contribution >= 4 is 50.7 Å². The summed E-state index contributed by atoms with van der Waals surface area (Å²) in [6, 6.07) is 19.0. The average Bonchev–Trinajstić information content (AvgIpc) is 2.92. The van der Waals surface area contributed by atoms with Crippen LogP contribution in [0.1, 0.15) is 38.3 Å². The van der Waals surface area contributed by atoms with Gasteiger partial charge < -0.3 is 10.2 Å². The highest BCUT2D eigenvalue weighted by atomic mass is 35.5. The molecule has 0 aliphatic carbocycles. The van der Waals surface area contributed by atoms with Gasteiger partial charge in [0.05, 0.1) is 20.6 Å². The van der Waals surface area contributed by atoms with E-state index in [4.69, 9.17) is 23.2 Å². The summed E-state index contributed by atoms with van der Waals surface area (Å²) in [6.07, 6.45) is 0.723.